The Morgan fingerprint density at radius 2 is 1.97 bits per heavy atom. The molecule has 0 spiro atoms. The summed E-state index contributed by atoms with van der Waals surface area (Å²) in [7, 11) is 1.98. The second-order valence-corrected chi connectivity index (χ2v) is 8.14. The summed E-state index contributed by atoms with van der Waals surface area (Å²) in [5, 5.41) is 15.7. The Hall–Kier alpha value is -1.84. The van der Waals surface area contributed by atoms with Crippen molar-refractivity contribution in [1.29, 1.82) is 0 Å². The van der Waals surface area contributed by atoms with E-state index in [9.17, 15) is 0 Å². The van der Waals surface area contributed by atoms with Gasteiger partial charge in [-0.3, -0.25) is 0 Å². The highest BCUT2D eigenvalue weighted by Gasteiger charge is 2.22. The number of ether oxygens (including phenoxy) is 1. The van der Waals surface area contributed by atoms with Gasteiger partial charge < -0.3 is 19.9 Å². The van der Waals surface area contributed by atoms with E-state index in [1.165, 1.54) is 37.7 Å². The predicted octanol–water partition coefficient (Wildman–Crippen LogP) is 3.88. The Morgan fingerprint density at radius 1 is 1.17 bits per heavy atom. The first kappa shape index (κ1) is 22.8. The van der Waals surface area contributed by atoms with Gasteiger partial charge in [0.05, 0.1) is 12.6 Å². The molecule has 0 amide bonds. The first-order valence-corrected chi connectivity index (χ1v) is 10.8. The fraction of sp³-hybridized carbons (Fsp3) is 0.591. The van der Waals surface area contributed by atoms with E-state index in [1.807, 2.05) is 30.7 Å². The molecule has 2 aliphatic rings. The van der Waals surface area contributed by atoms with Crippen LogP contribution in [-0.2, 0) is 13.6 Å². The third-order valence-electron chi connectivity index (χ3n) is 6.11. The minimum absolute atomic E-state index is 0. The Balaban J connectivity index is 0.00000256. The molecule has 1 aromatic carbocycles. The molecule has 2 aromatic rings. The third-order valence-corrected chi connectivity index (χ3v) is 6.11. The van der Waals surface area contributed by atoms with Crippen LogP contribution in [0.15, 0.2) is 29.3 Å². The molecule has 1 fully saturated rings. The van der Waals surface area contributed by atoms with Crippen LogP contribution in [0, 0.1) is 12.8 Å². The number of benzene rings is 1. The number of aromatic nitrogens is 3. The van der Waals surface area contributed by atoms with Crippen LogP contribution in [-0.4, -0.2) is 33.9 Å². The number of halogens is 1. The van der Waals surface area contributed by atoms with Gasteiger partial charge >= 0.3 is 0 Å². The molecule has 1 saturated carbocycles. The maximum Gasteiger partial charge on any atom is 0.192 e. The normalized spacial score (nSPS) is 19.4. The molecule has 0 bridgehead atoms. The van der Waals surface area contributed by atoms with Crippen LogP contribution < -0.4 is 15.4 Å². The fourth-order valence-electron chi connectivity index (χ4n) is 4.18. The van der Waals surface area contributed by atoms with Crippen LogP contribution in [0.25, 0.3) is 0 Å². The first-order chi connectivity index (χ1) is 14.2. The molecule has 1 aliphatic heterocycles. The van der Waals surface area contributed by atoms with Gasteiger partial charge in [-0.15, -0.1) is 34.2 Å². The summed E-state index contributed by atoms with van der Waals surface area (Å²) in [5.74, 6) is 4.31. The second-order valence-electron chi connectivity index (χ2n) is 8.14. The van der Waals surface area contributed by atoms with Gasteiger partial charge in [-0.25, -0.2) is 4.99 Å². The van der Waals surface area contributed by atoms with Gasteiger partial charge in [-0.1, -0.05) is 37.5 Å². The zero-order valence-corrected chi connectivity index (χ0v) is 20.3. The van der Waals surface area contributed by atoms with Crippen molar-refractivity contribution in [3.63, 3.8) is 0 Å². The lowest BCUT2D eigenvalue weighted by molar-refractivity contribution is 0.261. The number of hydrogen-bond acceptors (Lipinski definition) is 4. The summed E-state index contributed by atoms with van der Waals surface area (Å²) in [5.41, 5.74) is 1.19. The van der Waals surface area contributed by atoms with Crippen molar-refractivity contribution in [1.82, 2.24) is 25.4 Å². The van der Waals surface area contributed by atoms with Crippen LogP contribution in [0.2, 0.25) is 0 Å². The van der Waals surface area contributed by atoms with Crippen molar-refractivity contribution in [2.45, 2.75) is 58.0 Å². The SMILES string of the molecule is Cc1nnc(CN=C(NCC2CCCCC2)NC2CCOc3ccccc32)n1C.I. The number of guanidine groups is 1. The van der Waals surface area contributed by atoms with Crippen LogP contribution in [0.1, 0.15) is 61.8 Å². The van der Waals surface area contributed by atoms with Crippen molar-refractivity contribution < 1.29 is 4.74 Å². The minimum atomic E-state index is 0. The monoisotopic (exact) mass is 524 g/mol. The zero-order chi connectivity index (χ0) is 20.1. The Morgan fingerprint density at radius 3 is 2.73 bits per heavy atom. The molecule has 1 aliphatic carbocycles. The van der Waals surface area contributed by atoms with Gasteiger partial charge in [0.15, 0.2) is 11.8 Å². The lowest BCUT2D eigenvalue weighted by Gasteiger charge is -2.29. The topological polar surface area (TPSA) is 76.4 Å². The number of rotatable bonds is 5. The number of aryl methyl sites for hydroxylation is 1. The molecule has 4 rings (SSSR count). The Bertz CT molecular complexity index is 846. The number of nitrogens with zero attached hydrogens (tertiary/aromatic N) is 4. The maximum atomic E-state index is 5.82. The van der Waals surface area contributed by atoms with Crippen molar-refractivity contribution in [2.24, 2.45) is 18.0 Å². The van der Waals surface area contributed by atoms with Crippen LogP contribution in [0.5, 0.6) is 5.75 Å². The van der Waals surface area contributed by atoms with E-state index in [0.29, 0.717) is 13.2 Å². The standard InChI is InChI=1S/C22H32N6O.HI/c1-16-26-27-21(28(16)2)15-24-22(23-14-17-8-4-3-5-9-17)25-19-12-13-29-20-11-7-6-10-18(19)20;/h6-7,10-11,17,19H,3-5,8-9,12-15H2,1-2H3,(H2,23,24,25);1H. The van der Waals surface area contributed by atoms with E-state index >= 15 is 0 Å². The molecule has 164 valence electrons. The highest BCUT2D eigenvalue weighted by Crippen LogP contribution is 2.31. The van der Waals surface area contributed by atoms with Crippen molar-refractivity contribution >= 4 is 29.9 Å². The molecule has 1 unspecified atom stereocenters. The van der Waals surface area contributed by atoms with E-state index in [4.69, 9.17) is 9.73 Å². The van der Waals surface area contributed by atoms with Crippen LogP contribution in [0.4, 0.5) is 0 Å². The molecule has 2 N–H and O–H groups in total. The summed E-state index contributed by atoms with van der Waals surface area (Å²) < 4.78 is 7.81. The lowest BCUT2D eigenvalue weighted by atomic mass is 9.89. The van der Waals surface area contributed by atoms with E-state index < -0.39 is 0 Å². The lowest BCUT2D eigenvalue weighted by Crippen LogP contribution is -2.43. The molecule has 1 atom stereocenters. The Kier molecular flexibility index (Phi) is 8.35. The van der Waals surface area contributed by atoms with Crippen LogP contribution in [0.3, 0.4) is 0 Å². The molecular weight excluding hydrogens is 491 g/mol. The number of nitrogens with one attached hydrogen (secondary N) is 2. The van der Waals surface area contributed by atoms with Crippen molar-refractivity contribution in [2.75, 3.05) is 13.2 Å². The van der Waals surface area contributed by atoms with E-state index in [1.54, 1.807) is 0 Å². The molecule has 0 saturated heterocycles. The van der Waals surface area contributed by atoms with Crippen LogP contribution >= 0.6 is 24.0 Å². The summed E-state index contributed by atoms with van der Waals surface area (Å²) >= 11 is 0. The van der Waals surface area contributed by atoms with E-state index in [2.05, 4.69) is 33.0 Å². The van der Waals surface area contributed by atoms with Gasteiger partial charge in [0.25, 0.3) is 0 Å². The van der Waals surface area contributed by atoms with Crippen molar-refractivity contribution in [3.05, 3.63) is 41.5 Å². The highest BCUT2D eigenvalue weighted by atomic mass is 127. The quantitative estimate of drug-likeness (QED) is 0.353. The third kappa shape index (κ3) is 5.65. The van der Waals surface area contributed by atoms with E-state index in [0.717, 1.165) is 42.2 Å². The Labute approximate surface area is 196 Å². The summed E-state index contributed by atoms with van der Waals surface area (Å²) in [6.07, 6.45) is 7.60. The van der Waals surface area contributed by atoms with Gasteiger partial charge in [0, 0.05) is 25.6 Å². The molecule has 1 aromatic heterocycles. The van der Waals surface area contributed by atoms with E-state index in [-0.39, 0.29) is 30.0 Å². The maximum absolute atomic E-state index is 5.82. The number of hydrogen-bond donors (Lipinski definition) is 2. The minimum Gasteiger partial charge on any atom is -0.493 e. The van der Waals surface area contributed by atoms with Gasteiger partial charge in [0.2, 0.25) is 0 Å². The van der Waals surface area contributed by atoms with Crippen molar-refractivity contribution in [3.8, 4) is 5.75 Å². The molecule has 2 heterocycles. The first-order valence-electron chi connectivity index (χ1n) is 10.8. The predicted molar refractivity (Wildman–Crippen MR) is 129 cm³/mol. The smallest absolute Gasteiger partial charge is 0.192 e. The van der Waals surface area contributed by atoms with Gasteiger partial charge in [-0.05, 0) is 31.7 Å². The highest BCUT2D eigenvalue weighted by molar-refractivity contribution is 14.0. The van der Waals surface area contributed by atoms with Gasteiger partial charge in [-0.2, -0.15) is 0 Å². The largest absolute Gasteiger partial charge is 0.493 e. The number of fused-ring (bicyclic) bond motifs is 1. The van der Waals surface area contributed by atoms with Gasteiger partial charge in [0.1, 0.15) is 18.1 Å². The molecule has 7 nitrogen and oxygen atoms in total. The number of para-hydroxylation sites is 1. The summed E-state index contributed by atoms with van der Waals surface area (Å²) in [6.45, 7) is 4.14. The molecule has 0 radical (unpaired) electrons. The molecule has 30 heavy (non-hydrogen) atoms. The summed E-state index contributed by atoms with van der Waals surface area (Å²) in [6, 6.07) is 8.46. The fourth-order valence-corrected chi connectivity index (χ4v) is 4.18. The average Bonchev–Trinajstić information content (AvgIpc) is 3.08. The average molecular weight is 524 g/mol. The second kappa shape index (κ2) is 11.0. The zero-order valence-electron chi connectivity index (χ0n) is 17.9. The summed E-state index contributed by atoms with van der Waals surface area (Å²) in [4.78, 5) is 4.85. The molecular formula is C22H33IN6O. The molecule has 8 heteroatoms. The number of aliphatic imine (C=N–C) groups is 1.